The monoisotopic (exact) mass is 447 g/mol. The van der Waals surface area contributed by atoms with E-state index in [-0.39, 0.29) is 6.42 Å². The van der Waals surface area contributed by atoms with Crippen molar-refractivity contribution in [3.8, 4) is 11.4 Å². The van der Waals surface area contributed by atoms with E-state index in [2.05, 4.69) is 32.3 Å². The van der Waals surface area contributed by atoms with Gasteiger partial charge in [-0.05, 0) is 29.8 Å². The first-order chi connectivity index (χ1) is 15.6. The van der Waals surface area contributed by atoms with E-state index < -0.39 is 11.2 Å². The number of nitrogens with one attached hydrogen (secondary N) is 2. The molecule has 0 atom stereocenters. The van der Waals surface area contributed by atoms with Crippen molar-refractivity contribution in [1.82, 2.24) is 24.7 Å². The van der Waals surface area contributed by atoms with Crippen LogP contribution >= 0.6 is 11.8 Å². The lowest BCUT2D eigenvalue weighted by atomic mass is 10.2. The summed E-state index contributed by atoms with van der Waals surface area (Å²) in [7, 11) is 1.61. The number of methoxy groups -OCH3 is 1. The molecule has 0 aliphatic heterocycles. The van der Waals surface area contributed by atoms with Crippen LogP contribution in [-0.2, 0) is 6.42 Å². The van der Waals surface area contributed by atoms with Crippen molar-refractivity contribution >= 4 is 17.8 Å². The van der Waals surface area contributed by atoms with Gasteiger partial charge in [0.2, 0.25) is 0 Å². The van der Waals surface area contributed by atoms with Crippen LogP contribution in [0.25, 0.3) is 11.8 Å². The van der Waals surface area contributed by atoms with E-state index in [4.69, 9.17) is 4.74 Å². The first-order valence-electron chi connectivity index (χ1n) is 9.88. The van der Waals surface area contributed by atoms with Gasteiger partial charge in [0.05, 0.1) is 7.11 Å². The molecule has 0 amide bonds. The average Bonchev–Trinajstić information content (AvgIpc) is 3.19. The smallest absolute Gasteiger partial charge is 0.325 e. The molecule has 0 saturated carbocycles. The van der Waals surface area contributed by atoms with Crippen molar-refractivity contribution in [2.75, 3.05) is 12.9 Å². The van der Waals surface area contributed by atoms with Crippen LogP contribution in [0.2, 0.25) is 0 Å². The minimum Gasteiger partial charge on any atom is -0.497 e. The van der Waals surface area contributed by atoms with Crippen LogP contribution in [-0.4, -0.2) is 37.6 Å². The second-order valence-corrected chi connectivity index (χ2v) is 7.83. The van der Waals surface area contributed by atoms with Gasteiger partial charge in [-0.15, -0.1) is 10.2 Å². The van der Waals surface area contributed by atoms with Gasteiger partial charge in [0, 0.05) is 29.6 Å². The summed E-state index contributed by atoms with van der Waals surface area (Å²) in [6, 6.07) is 19.0. The molecule has 4 aromatic rings. The molecule has 4 rings (SSSR count). The first-order valence-corrected chi connectivity index (χ1v) is 10.9. The molecule has 0 aliphatic carbocycles. The van der Waals surface area contributed by atoms with Gasteiger partial charge in [0.15, 0.2) is 5.16 Å². The van der Waals surface area contributed by atoms with Gasteiger partial charge in [-0.25, -0.2) is 4.79 Å². The normalized spacial score (nSPS) is 11.2. The minimum absolute atomic E-state index is 0.249. The van der Waals surface area contributed by atoms with Crippen LogP contribution < -0.4 is 16.0 Å². The van der Waals surface area contributed by atoms with Crippen LogP contribution in [0.1, 0.15) is 17.1 Å². The van der Waals surface area contributed by atoms with Crippen LogP contribution in [0, 0.1) is 0 Å². The summed E-state index contributed by atoms with van der Waals surface area (Å²) in [6.45, 7) is 0. The highest BCUT2D eigenvalue weighted by Gasteiger charge is 2.15. The SMILES string of the molecule is COc1ccc(-n2c(Cc3cc(=O)[nH]c(=O)[nH]3)nnc2SC/C=C/c2ccccc2)cc1. The quantitative estimate of drug-likeness (QED) is 0.402. The van der Waals surface area contributed by atoms with Gasteiger partial charge in [-0.2, -0.15) is 0 Å². The lowest BCUT2D eigenvalue weighted by Gasteiger charge is -2.10. The molecule has 0 bridgehead atoms. The number of nitrogens with zero attached hydrogens (tertiary/aromatic N) is 3. The maximum atomic E-state index is 11.7. The Balaban J connectivity index is 1.62. The number of hydrogen-bond donors (Lipinski definition) is 2. The number of aromatic amines is 2. The molecule has 162 valence electrons. The molecule has 0 radical (unpaired) electrons. The Kier molecular flexibility index (Phi) is 6.66. The molecule has 9 heteroatoms. The molecule has 32 heavy (non-hydrogen) atoms. The zero-order chi connectivity index (χ0) is 22.3. The van der Waals surface area contributed by atoms with Crippen molar-refractivity contribution in [3.05, 3.63) is 105 Å². The number of thioether (sulfide) groups is 1. The summed E-state index contributed by atoms with van der Waals surface area (Å²) >= 11 is 1.54. The van der Waals surface area contributed by atoms with Crippen molar-refractivity contribution in [2.45, 2.75) is 11.6 Å². The summed E-state index contributed by atoms with van der Waals surface area (Å²) < 4.78 is 7.17. The third kappa shape index (κ3) is 5.25. The summed E-state index contributed by atoms with van der Waals surface area (Å²) in [5.41, 5.74) is 1.43. The third-order valence-corrected chi connectivity index (χ3v) is 5.50. The molecule has 8 nitrogen and oxygen atoms in total. The summed E-state index contributed by atoms with van der Waals surface area (Å²) in [6.07, 6.45) is 4.38. The van der Waals surface area contributed by atoms with E-state index >= 15 is 0 Å². The fourth-order valence-corrected chi connectivity index (χ4v) is 3.93. The second-order valence-electron chi connectivity index (χ2n) is 6.85. The Bertz CT molecular complexity index is 1300. The molecular formula is C23H21N5O3S. The Morgan fingerprint density at radius 1 is 1.03 bits per heavy atom. The topological polar surface area (TPSA) is 106 Å². The van der Waals surface area contributed by atoms with Crippen molar-refractivity contribution < 1.29 is 4.74 Å². The fraction of sp³-hybridized carbons (Fsp3) is 0.130. The van der Waals surface area contributed by atoms with E-state index in [1.54, 1.807) is 18.9 Å². The maximum absolute atomic E-state index is 11.7. The third-order valence-electron chi connectivity index (χ3n) is 4.61. The zero-order valence-corrected chi connectivity index (χ0v) is 18.1. The largest absolute Gasteiger partial charge is 0.497 e. The molecule has 0 unspecified atom stereocenters. The molecule has 0 saturated heterocycles. The lowest BCUT2D eigenvalue weighted by molar-refractivity contribution is 0.414. The first kappa shape index (κ1) is 21.4. The number of aromatic nitrogens is 5. The fourth-order valence-electron chi connectivity index (χ4n) is 3.15. The molecular weight excluding hydrogens is 426 g/mol. The van der Waals surface area contributed by atoms with E-state index in [9.17, 15) is 9.59 Å². The lowest BCUT2D eigenvalue weighted by Crippen LogP contribution is -2.23. The summed E-state index contributed by atoms with van der Waals surface area (Å²) in [5.74, 6) is 2.04. The van der Waals surface area contributed by atoms with Gasteiger partial charge in [0.1, 0.15) is 11.6 Å². The van der Waals surface area contributed by atoms with Gasteiger partial charge < -0.3 is 9.72 Å². The van der Waals surface area contributed by atoms with Crippen molar-refractivity contribution in [2.24, 2.45) is 0 Å². The Labute approximate surface area is 188 Å². The van der Waals surface area contributed by atoms with Gasteiger partial charge in [-0.3, -0.25) is 14.3 Å². The van der Waals surface area contributed by atoms with Gasteiger partial charge in [-0.1, -0.05) is 54.2 Å². The van der Waals surface area contributed by atoms with E-state index in [0.717, 1.165) is 17.0 Å². The van der Waals surface area contributed by atoms with E-state index in [1.165, 1.54) is 6.07 Å². The number of H-pyrrole nitrogens is 2. The number of ether oxygens (including phenoxy) is 1. The number of rotatable bonds is 8. The van der Waals surface area contributed by atoms with Crippen LogP contribution in [0.3, 0.4) is 0 Å². The zero-order valence-electron chi connectivity index (χ0n) is 17.3. The van der Waals surface area contributed by atoms with Crippen molar-refractivity contribution in [1.29, 1.82) is 0 Å². The number of hydrogen-bond acceptors (Lipinski definition) is 6. The van der Waals surface area contributed by atoms with Crippen LogP contribution in [0.15, 0.2) is 81.5 Å². The van der Waals surface area contributed by atoms with Crippen molar-refractivity contribution in [3.63, 3.8) is 0 Å². The molecule has 0 aliphatic rings. The summed E-state index contributed by atoms with van der Waals surface area (Å²) in [5, 5.41) is 9.39. The molecule has 2 aromatic heterocycles. The predicted octanol–water partition coefficient (Wildman–Crippen LogP) is 3.05. The molecule has 0 spiro atoms. The molecule has 0 fully saturated rings. The molecule has 2 heterocycles. The number of benzene rings is 2. The molecule has 2 N–H and O–H groups in total. The average molecular weight is 448 g/mol. The van der Waals surface area contributed by atoms with Crippen LogP contribution in [0.5, 0.6) is 5.75 Å². The second kappa shape index (κ2) is 9.97. The van der Waals surface area contributed by atoms with E-state index in [1.807, 2.05) is 59.2 Å². The van der Waals surface area contributed by atoms with Gasteiger partial charge in [0.25, 0.3) is 5.56 Å². The maximum Gasteiger partial charge on any atom is 0.325 e. The molecule has 2 aromatic carbocycles. The van der Waals surface area contributed by atoms with E-state index in [0.29, 0.717) is 22.4 Å². The summed E-state index contributed by atoms with van der Waals surface area (Å²) in [4.78, 5) is 28.1. The standard InChI is InChI=1S/C23H21N5O3S/c1-31-19-11-9-18(10-12-19)28-20(14-17-15-21(29)25-22(30)24-17)26-27-23(28)32-13-5-8-16-6-3-2-4-7-16/h2-12,15H,13-14H2,1H3,(H2,24,25,29,30)/b8-5+. The predicted molar refractivity (Wildman–Crippen MR) is 125 cm³/mol. The highest BCUT2D eigenvalue weighted by molar-refractivity contribution is 7.99. The van der Waals surface area contributed by atoms with Crippen LogP contribution in [0.4, 0.5) is 0 Å². The Hall–Kier alpha value is -3.85. The Morgan fingerprint density at radius 2 is 1.81 bits per heavy atom. The highest BCUT2D eigenvalue weighted by atomic mass is 32.2. The highest BCUT2D eigenvalue weighted by Crippen LogP contribution is 2.25. The minimum atomic E-state index is -0.552. The van der Waals surface area contributed by atoms with Gasteiger partial charge >= 0.3 is 5.69 Å². The Morgan fingerprint density at radius 3 is 2.53 bits per heavy atom.